The van der Waals surface area contributed by atoms with Crippen LogP contribution >= 0.6 is 88.5 Å². The lowest BCUT2D eigenvalue weighted by molar-refractivity contribution is 0.172. The first-order valence-corrected chi connectivity index (χ1v) is 15.3. The van der Waals surface area contributed by atoms with Crippen LogP contribution in [0.5, 0.6) is 23.0 Å². The molecule has 0 saturated carbocycles. The highest BCUT2D eigenvalue weighted by Crippen LogP contribution is 2.49. The summed E-state index contributed by atoms with van der Waals surface area (Å²) in [6.07, 6.45) is 8.19. The summed E-state index contributed by atoms with van der Waals surface area (Å²) in [4.78, 5) is 16.3. The highest BCUT2D eigenvalue weighted by Gasteiger charge is 2.23. The summed E-state index contributed by atoms with van der Waals surface area (Å²) in [5.74, 6) is 3.08. The maximum atomic E-state index is 12.2. The fourth-order valence-corrected chi connectivity index (χ4v) is 10.2. The first kappa shape index (κ1) is 22.3. The van der Waals surface area contributed by atoms with Gasteiger partial charge in [0.1, 0.15) is 34.0 Å². The van der Waals surface area contributed by atoms with Crippen LogP contribution < -0.4 is 23.0 Å². The number of thiophene rings is 3. The van der Waals surface area contributed by atoms with E-state index in [4.69, 9.17) is 18.9 Å². The topological polar surface area (TPSA) is 54.0 Å². The van der Waals surface area contributed by atoms with E-state index >= 15 is 0 Å². The molecule has 0 amide bonds. The van der Waals surface area contributed by atoms with Crippen molar-refractivity contribution in [1.82, 2.24) is 0 Å². The minimum Gasteiger partial charge on any atom is -0.485 e. The number of ether oxygens (including phenoxy) is 4. The van der Waals surface area contributed by atoms with Crippen molar-refractivity contribution < 1.29 is 18.9 Å². The second-order valence-corrected chi connectivity index (χ2v) is 14.8. The molecule has 0 N–H and O–H groups in total. The fourth-order valence-electron chi connectivity index (χ4n) is 3.43. The molecular weight excluding hydrogens is 652 g/mol. The quantitative estimate of drug-likeness (QED) is 0.222. The summed E-state index contributed by atoms with van der Waals surface area (Å²) in [5, 5.41) is 0. The molecule has 0 aliphatic carbocycles. The standard InChI is InChI=1S/C21H12Br2O5S5/c22-19-15-13(25-5-7-27-15)9(30-19)1-3-11-17-18(33-21(24)32-17)12(29-11)4-2-10-14-16(20(23)31-10)28-8-6-26-14/h1-4H,5-8H2/b3-1+,4-2+. The lowest BCUT2D eigenvalue weighted by Gasteiger charge is -2.15. The Hall–Kier alpha value is -1.15. The van der Waals surface area contributed by atoms with Gasteiger partial charge >= 0.3 is 0 Å². The van der Waals surface area contributed by atoms with Gasteiger partial charge in [0.05, 0.1) is 19.2 Å². The third-order valence-corrected chi connectivity index (χ3v) is 11.9. The molecule has 0 unspecified atom stereocenters. The van der Waals surface area contributed by atoms with Crippen molar-refractivity contribution in [2.45, 2.75) is 0 Å². The molecule has 33 heavy (non-hydrogen) atoms. The summed E-state index contributed by atoms with van der Waals surface area (Å²) in [7, 11) is 0. The number of hydrogen-bond acceptors (Lipinski definition) is 10. The Morgan fingerprint density at radius 2 is 0.939 bits per heavy atom. The molecule has 4 aromatic heterocycles. The lowest BCUT2D eigenvalue weighted by Crippen LogP contribution is -2.14. The highest BCUT2D eigenvalue weighted by molar-refractivity contribution is 9.11. The SMILES string of the molecule is O=c1sc2c(/C=C/c3sc(Br)c4c3OCCO4)sc(/C=C/c3sc(Br)c4c3OCCO4)c2s1. The van der Waals surface area contributed by atoms with Crippen LogP contribution in [-0.2, 0) is 0 Å². The largest absolute Gasteiger partial charge is 0.485 e. The maximum absolute atomic E-state index is 12.2. The monoisotopic (exact) mass is 662 g/mol. The van der Waals surface area contributed by atoms with Gasteiger partial charge in [-0.1, -0.05) is 22.7 Å². The number of fused-ring (bicyclic) bond motifs is 3. The smallest absolute Gasteiger partial charge is 0.288 e. The van der Waals surface area contributed by atoms with E-state index in [1.54, 1.807) is 34.0 Å². The summed E-state index contributed by atoms with van der Waals surface area (Å²) >= 11 is 14.5. The molecule has 0 spiro atoms. The van der Waals surface area contributed by atoms with Crippen molar-refractivity contribution in [1.29, 1.82) is 0 Å². The second kappa shape index (κ2) is 9.14. The van der Waals surface area contributed by atoms with Crippen molar-refractivity contribution in [3.05, 3.63) is 35.9 Å². The summed E-state index contributed by atoms with van der Waals surface area (Å²) in [6, 6.07) is 0. The van der Waals surface area contributed by atoms with E-state index in [0.29, 0.717) is 26.4 Å². The average Bonchev–Trinajstić information content (AvgIpc) is 3.54. The highest BCUT2D eigenvalue weighted by atomic mass is 79.9. The van der Waals surface area contributed by atoms with Gasteiger partial charge in [0, 0.05) is 9.75 Å². The molecule has 12 heteroatoms. The van der Waals surface area contributed by atoms with Gasteiger partial charge in [-0.05, 0) is 56.2 Å². The van der Waals surface area contributed by atoms with Crippen LogP contribution in [-0.4, -0.2) is 26.4 Å². The molecule has 0 aromatic carbocycles. The molecule has 2 aliphatic rings. The molecule has 2 aliphatic heterocycles. The van der Waals surface area contributed by atoms with Crippen molar-refractivity contribution in [2.24, 2.45) is 0 Å². The van der Waals surface area contributed by atoms with E-state index in [2.05, 4.69) is 44.0 Å². The molecule has 0 fully saturated rings. The first-order chi connectivity index (χ1) is 16.1. The molecule has 0 atom stereocenters. The normalized spacial score (nSPS) is 15.3. The average molecular weight is 664 g/mol. The zero-order valence-electron chi connectivity index (χ0n) is 16.5. The zero-order chi connectivity index (χ0) is 22.5. The third-order valence-electron chi connectivity index (χ3n) is 4.79. The molecule has 6 rings (SSSR count). The predicted molar refractivity (Wildman–Crippen MR) is 148 cm³/mol. The summed E-state index contributed by atoms with van der Waals surface area (Å²) in [6.45, 7) is 2.19. The van der Waals surface area contributed by atoms with Crippen LogP contribution in [0.25, 0.3) is 33.7 Å². The van der Waals surface area contributed by atoms with Crippen molar-refractivity contribution in [3.63, 3.8) is 0 Å². The molecule has 0 bridgehead atoms. The molecule has 0 saturated heterocycles. The van der Waals surface area contributed by atoms with Gasteiger partial charge < -0.3 is 18.9 Å². The molecule has 4 aromatic rings. The van der Waals surface area contributed by atoms with Gasteiger partial charge in [0.15, 0.2) is 23.0 Å². The Morgan fingerprint density at radius 1 is 0.545 bits per heavy atom. The van der Waals surface area contributed by atoms with Gasteiger partial charge in [-0.25, -0.2) is 0 Å². The van der Waals surface area contributed by atoms with Crippen LogP contribution in [0, 0.1) is 0 Å². The van der Waals surface area contributed by atoms with E-state index in [1.165, 1.54) is 22.7 Å². The van der Waals surface area contributed by atoms with E-state index in [0.717, 1.165) is 59.5 Å². The van der Waals surface area contributed by atoms with Crippen molar-refractivity contribution >= 4 is 122 Å². The Labute approximate surface area is 224 Å². The minimum atomic E-state index is 0.0954. The molecule has 170 valence electrons. The number of rotatable bonds is 4. The Morgan fingerprint density at radius 3 is 1.39 bits per heavy atom. The van der Waals surface area contributed by atoms with Crippen LogP contribution in [0.4, 0.5) is 0 Å². The van der Waals surface area contributed by atoms with Crippen LogP contribution in [0.1, 0.15) is 19.5 Å². The van der Waals surface area contributed by atoms with Crippen molar-refractivity contribution in [3.8, 4) is 23.0 Å². The molecular formula is C21H12Br2O5S5. The predicted octanol–water partition coefficient (Wildman–Crippen LogP) is 7.92. The van der Waals surface area contributed by atoms with Crippen molar-refractivity contribution in [2.75, 3.05) is 26.4 Å². The van der Waals surface area contributed by atoms with E-state index < -0.39 is 0 Å². The Balaban J connectivity index is 1.36. The van der Waals surface area contributed by atoms with E-state index in [-0.39, 0.29) is 4.06 Å². The minimum absolute atomic E-state index is 0.0954. The molecule has 6 heterocycles. The van der Waals surface area contributed by atoms with Gasteiger partial charge in [0.2, 0.25) is 0 Å². The number of halogens is 2. The first-order valence-electron chi connectivity index (χ1n) is 9.67. The molecule has 0 radical (unpaired) electrons. The molecule has 5 nitrogen and oxygen atoms in total. The van der Waals surface area contributed by atoms with Gasteiger partial charge in [-0.3, -0.25) is 4.79 Å². The van der Waals surface area contributed by atoms with Crippen LogP contribution in [0.2, 0.25) is 0 Å². The van der Waals surface area contributed by atoms with Crippen LogP contribution in [0.15, 0.2) is 12.4 Å². The summed E-state index contributed by atoms with van der Waals surface area (Å²) in [5.41, 5.74) is 0. The van der Waals surface area contributed by atoms with E-state index in [1.807, 2.05) is 12.2 Å². The number of hydrogen-bond donors (Lipinski definition) is 0. The van der Waals surface area contributed by atoms with Crippen LogP contribution in [0.3, 0.4) is 0 Å². The fraction of sp³-hybridized carbons (Fsp3) is 0.190. The summed E-state index contributed by atoms with van der Waals surface area (Å²) < 4.78 is 27.1. The Bertz CT molecular complexity index is 1380. The van der Waals surface area contributed by atoms with Gasteiger partial charge in [-0.15, -0.1) is 34.0 Å². The Kier molecular flexibility index (Phi) is 6.18. The lowest BCUT2D eigenvalue weighted by atomic mass is 10.3. The van der Waals surface area contributed by atoms with E-state index in [9.17, 15) is 4.79 Å². The second-order valence-electron chi connectivity index (χ2n) is 6.80. The maximum Gasteiger partial charge on any atom is 0.288 e. The van der Waals surface area contributed by atoms with Gasteiger partial charge in [0.25, 0.3) is 4.06 Å². The third kappa shape index (κ3) is 4.13. The zero-order valence-corrected chi connectivity index (χ0v) is 23.7. The van der Waals surface area contributed by atoms with Gasteiger partial charge in [-0.2, -0.15) is 0 Å².